The minimum atomic E-state index is 0.614. The Labute approximate surface area is 115 Å². The highest BCUT2D eigenvalue weighted by molar-refractivity contribution is 4.66. The van der Waals surface area contributed by atoms with Gasteiger partial charge in [0, 0.05) is 6.61 Å². The first-order chi connectivity index (χ1) is 8.93. The van der Waals surface area contributed by atoms with E-state index in [0.717, 1.165) is 6.61 Å². The molecule has 0 saturated heterocycles. The highest BCUT2D eigenvalue weighted by Gasteiger charge is 2.14. The summed E-state index contributed by atoms with van der Waals surface area (Å²) in [5.74, 6) is 0. The van der Waals surface area contributed by atoms with Gasteiger partial charge in [0.15, 0.2) is 0 Å². The molecule has 0 radical (unpaired) electrons. The Balaban J connectivity index is 1.68. The van der Waals surface area contributed by atoms with Gasteiger partial charge >= 0.3 is 0 Å². The third-order valence-electron chi connectivity index (χ3n) is 4.15. The smallest absolute Gasteiger partial charge is 0.0575 e. The molecule has 1 nitrogen and oxygen atoms in total. The molecular weight excluding hydrogens is 220 g/mol. The van der Waals surface area contributed by atoms with E-state index in [0.29, 0.717) is 6.10 Å². The van der Waals surface area contributed by atoms with Gasteiger partial charge in [0.25, 0.3) is 0 Å². The van der Waals surface area contributed by atoms with Gasteiger partial charge in [-0.25, -0.2) is 0 Å². The van der Waals surface area contributed by atoms with Gasteiger partial charge in [-0.2, -0.15) is 0 Å². The molecule has 0 amide bonds. The van der Waals surface area contributed by atoms with Crippen LogP contribution >= 0.6 is 0 Å². The molecule has 108 valence electrons. The number of hydrogen-bond donors (Lipinski definition) is 0. The van der Waals surface area contributed by atoms with Crippen molar-refractivity contribution in [3.8, 4) is 0 Å². The zero-order valence-corrected chi connectivity index (χ0v) is 12.6. The predicted molar refractivity (Wildman–Crippen MR) is 80.1 cm³/mol. The second-order valence-corrected chi connectivity index (χ2v) is 5.96. The summed E-state index contributed by atoms with van der Waals surface area (Å²) in [7, 11) is 0. The quantitative estimate of drug-likeness (QED) is 0.396. The van der Waals surface area contributed by atoms with Gasteiger partial charge in [-0.05, 0) is 19.3 Å². The molecule has 1 aliphatic rings. The molecule has 0 aromatic carbocycles. The van der Waals surface area contributed by atoms with E-state index >= 15 is 0 Å². The van der Waals surface area contributed by atoms with Crippen LogP contribution < -0.4 is 0 Å². The van der Waals surface area contributed by atoms with Crippen molar-refractivity contribution in [1.29, 1.82) is 0 Å². The monoisotopic (exact) mass is 254 g/mol. The lowest BCUT2D eigenvalue weighted by Gasteiger charge is -2.10. The van der Waals surface area contributed by atoms with Crippen LogP contribution in [-0.4, -0.2) is 12.7 Å². The molecule has 1 aliphatic carbocycles. The van der Waals surface area contributed by atoms with Crippen molar-refractivity contribution in [3.63, 3.8) is 0 Å². The average molecular weight is 254 g/mol. The van der Waals surface area contributed by atoms with Crippen molar-refractivity contribution in [2.45, 2.75) is 103 Å². The van der Waals surface area contributed by atoms with Crippen LogP contribution in [0.5, 0.6) is 0 Å². The van der Waals surface area contributed by atoms with Gasteiger partial charge in [-0.15, -0.1) is 0 Å². The summed E-state index contributed by atoms with van der Waals surface area (Å²) in [6.07, 6.45) is 20.2. The zero-order valence-electron chi connectivity index (χ0n) is 12.6. The molecule has 0 bridgehead atoms. The van der Waals surface area contributed by atoms with Crippen molar-refractivity contribution in [3.05, 3.63) is 0 Å². The maximum absolute atomic E-state index is 5.87. The minimum Gasteiger partial charge on any atom is -0.378 e. The van der Waals surface area contributed by atoms with Crippen LogP contribution in [0.2, 0.25) is 0 Å². The lowest BCUT2D eigenvalue weighted by Crippen LogP contribution is -2.08. The molecule has 0 unspecified atom stereocenters. The summed E-state index contributed by atoms with van der Waals surface area (Å²) in [5.41, 5.74) is 0. The van der Waals surface area contributed by atoms with E-state index in [-0.39, 0.29) is 0 Å². The van der Waals surface area contributed by atoms with Gasteiger partial charge in [0.05, 0.1) is 6.10 Å². The second-order valence-electron chi connectivity index (χ2n) is 5.96. The number of unbranched alkanes of at least 4 members (excludes halogenated alkanes) is 9. The lowest BCUT2D eigenvalue weighted by molar-refractivity contribution is 0.0556. The first kappa shape index (κ1) is 16.0. The van der Waals surface area contributed by atoms with E-state index < -0.39 is 0 Å². The fourth-order valence-corrected chi connectivity index (χ4v) is 2.89. The Morgan fingerprint density at radius 3 is 1.78 bits per heavy atom. The Morgan fingerprint density at radius 2 is 1.22 bits per heavy atom. The van der Waals surface area contributed by atoms with Crippen molar-refractivity contribution in [1.82, 2.24) is 0 Å². The largest absolute Gasteiger partial charge is 0.378 e. The summed E-state index contributed by atoms with van der Waals surface area (Å²) in [4.78, 5) is 0. The Kier molecular flexibility index (Phi) is 10.7. The van der Waals surface area contributed by atoms with Gasteiger partial charge in [-0.3, -0.25) is 0 Å². The van der Waals surface area contributed by atoms with Crippen molar-refractivity contribution in [2.75, 3.05) is 6.61 Å². The zero-order chi connectivity index (χ0) is 12.9. The van der Waals surface area contributed by atoms with E-state index in [1.54, 1.807) is 0 Å². The SMILES string of the molecule is CCCCCCCCCCCCOC1CCCC1. The van der Waals surface area contributed by atoms with Crippen LogP contribution in [0, 0.1) is 0 Å². The van der Waals surface area contributed by atoms with E-state index in [4.69, 9.17) is 4.74 Å². The van der Waals surface area contributed by atoms with Crippen LogP contribution in [0.1, 0.15) is 96.8 Å². The van der Waals surface area contributed by atoms with Crippen LogP contribution in [-0.2, 0) is 4.74 Å². The number of hydrogen-bond acceptors (Lipinski definition) is 1. The molecule has 1 fully saturated rings. The average Bonchev–Trinajstić information content (AvgIpc) is 2.89. The number of ether oxygens (including phenoxy) is 1. The third kappa shape index (κ3) is 8.97. The summed E-state index contributed by atoms with van der Waals surface area (Å²) in [5, 5.41) is 0. The van der Waals surface area contributed by atoms with Gasteiger partial charge < -0.3 is 4.74 Å². The Morgan fingerprint density at radius 1 is 0.722 bits per heavy atom. The van der Waals surface area contributed by atoms with Gasteiger partial charge in [-0.1, -0.05) is 77.6 Å². The van der Waals surface area contributed by atoms with E-state index in [2.05, 4.69) is 6.92 Å². The molecule has 0 N–H and O–H groups in total. The molecule has 18 heavy (non-hydrogen) atoms. The van der Waals surface area contributed by atoms with Crippen molar-refractivity contribution in [2.24, 2.45) is 0 Å². The molecule has 0 aliphatic heterocycles. The molecular formula is C17H34O. The maximum Gasteiger partial charge on any atom is 0.0575 e. The fourth-order valence-electron chi connectivity index (χ4n) is 2.89. The molecule has 1 rings (SSSR count). The van der Waals surface area contributed by atoms with E-state index in [1.807, 2.05) is 0 Å². The first-order valence-corrected chi connectivity index (χ1v) is 8.55. The van der Waals surface area contributed by atoms with Crippen LogP contribution in [0.3, 0.4) is 0 Å². The summed E-state index contributed by atoms with van der Waals surface area (Å²) < 4.78 is 5.87. The van der Waals surface area contributed by atoms with Crippen molar-refractivity contribution < 1.29 is 4.74 Å². The second kappa shape index (κ2) is 12.0. The predicted octanol–water partition coefficient (Wildman–Crippen LogP) is 5.87. The number of rotatable bonds is 12. The molecule has 0 atom stereocenters. The van der Waals surface area contributed by atoms with Crippen LogP contribution in [0.25, 0.3) is 0 Å². The summed E-state index contributed by atoms with van der Waals surface area (Å²) in [6, 6.07) is 0. The molecule has 1 saturated carbocycles. The molecule has 0 aromatic heterocycles. The standard InChI is InChI=1S/C17H34O/c1-2-3-4-5-6-7-8-9-10-13-16-18-17-14-11-12-15-17/h17H,2-16H2,1H3. The van der Waals surface area contributed by atoms with Crippen LogP contribution in [0.15, 0.2) is 0 Å². The highest BCUT2D eigenvalue weighted by atomic mass is 16.5. The highest BCUT2D eigenvalue weighted by Crippen LogP contribution is 2.21. The third-order valence-corrected chi connectivity index (χ3v) is 4.15. The lowest BCUT2D eigenvalue weighted by atomic mass is 10.1. The maximum atomic E-state index is 5.87. The van der Waals surface area contributed by atoms with E-state index in [9.17, 15) is 0 Å². The molecule has 0 heterocycles. The van der Waals surface area contributed by atoms with Crippen molar-refractivity contribution >= 4 is 0 Å². The van der Waals surface area contributed by atoms with Gasteiger partial charge in [0.1, 0.15) is 0 Å². The minimum absolute atomic E-state index is 0.614. The molecule has 0 spiro atoms. The Hall–Kier alpha value is -0.0400. The fraction of sp³-hybridized carbons (Fsp3) is 1.00. The van der Waals surface area contributed by atoms with E-state index in [1.165, 1.54) is 89.9 Å². The first-order valence-electron chi connectivity index (χ1n) is 8.55. The van der Waals surface area contributed by atoms with Gasteiger partial charge in [0.2, 0.25) is 0 Å². The normalized spacial score (nSPS) is 16.5. The van der Waals surface area contributed by atoms with Crippen LogP contribution in [0.4, 0.5) is 0 Å². The Bertz CT molecular complexity index is 161. The topological polar surface area (TPSA) is 9.23 Å². The summed E-state index contributed by atoms with van der Waals surface area (Å²) >= 11 is 0. The molecule has 1 heteroatoms. The summed E-state index contributed by atoms with van der Waals surface area (Å²) in [6.45, 7) is 3.30. The molecule has 0 aromatic rings.